The van der Waals surface area contributed by atoms with Crippen LogP contribution in [0.25, 0.3) is 0 Å². The van der Waals surface area contributed by atoms with Gasteiger partial charge in [-0.1, -0.05) is 108 Å². The van der Waals surface area contributed by atoms with Crippen LogP contribution in [0.2, 0.25) is 0 Å². The number of ether oxygens (including phenoxy) is 2. The Balaban J connectivity index is 3.75. The lowest BCUT2D eigenvalue weighted by molar-refractivity contribution is -0.161. The van der Waals surface area contributed by atoms with Gasteiger partial charge in [-0.15, -0.1) is 0 Å². The van der Waals surface area contributed by atoms with E-state index >= 15 is 0 Å². The Hall–Kier alpha value is -2.18. The molecule has 0 unspecified atom stereocenters. The lowest BCUT2D eigenvalue weighted by Crippen LogP contribution is -2.28. The fraction of sp³-hybridized carbons (Fsp3) is 0.714. The third kappa shape index (κ3) is 29.1. The topological polar surface area (TPSA) is 93.1 Å². The highest BCUT2D eigenvalue weighted by atomic mass is 16.6. The number of aliphatic hydroxyl groups is 2. The molecule has 2 atom stereocenters. The molecule has 6 nitrogen and oxygen atoms in total. The Morgan fingerprint density at radius 2 is 1.22 bits per heavy atom. The number of hydrogen-bond donors (Lipinski definition) is 2. The van der Waals surface area contributed by atoms with Gasteiger partial charge in [-0.2, -0.15) is 0 Å². The van der Waals surface area contributed by atoms with Gasteiger partial charge in [-0.05, 0) is 63.7 Å². The molecule has 0 bridgehead atoms. The fourth-order valence-corrected chi connectivity index (χ4v) is 4.06. The number of aliphatic hydroxyl groups excluding tert-OH is 2. The summed E-state index contributed by atoms with van der Waals surface area (Å²) in [5.41, 5.74) is 0. The number of rotatable bonds is 27. The van der Waals surface area contributed by atoms with Gasteiger partial charge in [0.25, 0.3) is 0 Å². The fourth-order valence-electron chi connectivity index (χ4n) is 4.06. The van der Waals surface area contributed by atoms with Crippen LogP contribution in [-0.4, -0.2) is 47.6 Å². The molecule has 0 aromatic heterocycles. The predicted octanol–water partition coefficient (Wildman–Crippen LogP) is 8.33. The monoisotopic (exact) mass is 576 g/mol. The quantitative estimate of drug-likeness (QED) is 0.0580. The molecule has 0 aliphatic rings. The average Bonchev–Trinajstić information content (AvgIpc) is 2.95. The van der Waals surface area contributed by atoms with Crippen molar-refractivity contribution < 1.29 is 29.3 Å². The molecule has 0 heterocycles. The zero-order valence-electron chi connectivity index (χ0n) is 26.3. The molecule has 0 spiro atoms. The molecular formula is C35H60O6. The summed E-state index contributed by atoms with van der Waals surface area (Å²) in [5.74, 6) is 0.0767. The van der Waals surface area contributed by atoms with Crippen molar-refractivity contribution in [2.24, 2.45) is 5.92 Å². The van der Waals surface area contributed by atoms with Gasteiger partial charge in [-0.3, -0.25) is 9.59 Å². The first-order valence-corrected chi connectivity index (χ1v) is 16.1. The minimum atomic E-state index is -0.800. The molecule has 0 radical (unpaired) electrons. The molecule has 2 N–H and O–H groups in total. The molecule has 0 aromatic carbocycles. The molecule has 6 heteroatoms. The highest BCUT2D eigenvalue weighted by Crippen LogP contribution is 2.12. The van der Waals surface area contributed by atoms with Gasteiger partial charge in [0.15, 0.2) is 6.10 Å². The Kier molecular flexibility index (Phi) is 27.8. The maximum absolute atomic E-state index is 12.0. The Morgan fingerprint density at radius 3 is 1.80 bits per heavy atom. The van der Waals surface area contributed by atoms with E-state index in [1.807, 2.05) is 6.92 Å². The molecule has 41 heavy (non-hydrogen) atoms. The zero-order chi connectivity index (χ0) is 30.4. The van der Waals surface area contributed by atoms with Gasteiger partial charge < -0.3 is 19.7 Å². The van der Waals surface area contributed by atoms with E-state index in [-0.39, 0.29) is 31.3 Å². The first-order chi connectivity index (χ1) is 19.9. The standard InChI is InChI=1S/C35H60O6/c1-4-32(37)26-22-18-13-11-9-7-5-6-8-10-12-14-19-23-27-34(38)40-30-33(29-36)41-35(39)28-24-20-16-15-17-21-25-31(2)3/h6-9,12-14,18,31-33,36-37H,4-5,10-11,15-17,19-30H2,1-3H3/b8-6-,9-7-,14-12-,18-13-/t32-,33-/m0/s1. The SMILES string of the molecule is CC[C@H](O)CC/C=C\C/C=C\C/C=C\C/C=C\CCCC(=O)OC[C@H](CO)OC(=O)CCCCCCCCC(C)C. The van der Waals surface area contributed by atoms with Crippen LogP contribution in [0.1, 0.15) is 130 Å². The molecule has 0 rings (SSSR count). The number of hydrogen-bond acceptors (Lipinski definition) is 6. The van der Waals surface area contributed by atoms with Crippen LogP contribution in [0.4, 0.5) is 0 Å². The number of carbonyl (C=O) groups excluding carboxylic acids is 2. The second-order valence-corrected chi connectivity index (χ2v) is 11.2. The van der Waals surface area contributed by atoms with E-state index in [2.05, 4.69) is 62.5 Å². The van der Waals surface area contributed by atoms with Crippen molar-refractivity contribution in [3.8, 4) is 0 Å². The van der Waals surface area contributed by atoms with E-state index < -0.39 is 6.10 Å². The van der Waals surface area contributed by atoms with Crippen molar-refractivity contribution in [2.45, 2.75) is 142 Å². The van der Waals surface area contributed by atoms with Crippen LogP contribution in [0.5, 0.6) is 0 Å². The summed E-state index contributed by atoms with van der Waals surface area (Å²) < 4.78 is 10.5. The number of carbonyl (C=O) groups is 2. The molecule has 0 saturated heterocycles. The van der Waals surface area contributed by atoms with Crippen molar-refractivity contribution in [3.05, 3.63) is 48.6 Å². The summed E-state index contributed by atoms with van der Waals surface area (Å²) in [4.78, 5) is 24.0. The summed E-state index contributed by atoms with van der Waals surface area (Å²) >= 11 is 0. The van der Waals surface area contributed by atoms with E-state index in [0.717, 1.165) is 70.1 Å². The van der Waals surface area contributed by atoms with E-state index in [9.17, 15) is 19.8 Å². The van der Waals surface area contributed by atoms with Crippen LogP contribution in [-0.2, 0) is 19.1 Å². The van der Waals surface area contributed by atoms with Crippen molar-refractivity contribution in [2.75, 3.05) is 13.2 Å². The molecule has 0 fully saturated rings. The average molecular weight is 577 g/mol. The van der Waals surface area contributed by atoms with Crippen LogP contribution in [0.15, 0.2) is 48.6 Å². The van der Waals surface area contributed by atoms with Crippen molar-refractivity contribution in [1.82, 2.24) is 0 Å². The van der Waals surface area contributed by atoms with Crippen LogP contribution >= 0.6 is 0 Å². The molecule has 0 amide bonds. The highest BCUT2D eigenvalue weighted by Gasteiger charge is 2.16. The molecule has 0 saturated carbocycles. The highest BCUT2D eigenvalue weighted by molar-refractivity contribution is 5.70. The Bertz CT molecular complexity index is 737. The molecule has 0 aliphatic heterocycles. The molecular weight excluding hydrogens is 516 g/mol. The summed E-state index contributed by atoms with van der Waals surface area (Å²) in [6.45, 7) is 6.03. The Labute approximate surface area is 251 Å². The van der Waals surface area contributed by atoms with Crippen LogP contribution < -0.4 is 0 Å². The lowest BCUT2D eigenvalue weighted by Gasteiger charge is -2.15. The summed E-state index contributed by atoms with van der Waals surface area (Å²) in [6, 6.07) is 0. The summed E-state index contributed by atoms with van der Waals surface area (Å²) in [5, 5.41) is 19.0. The predicted molar refractivity (Wildman–Crippen MR) is 169 cm³/mol. The van der Waals surface area contributed by atoms with Crippen LogP contribution in [0.3, 0.4) is 0 Å². The van der Waals surface area contributed by atoms with Crippen molar-refractivity contribution in [3.63, 3.8) is 0 Å². The van der Waals surface area contributed by atoms with Crippen molar-refractivity contribution >= 4 is 11.9 Å². The molecule has 236 valence electrons. The smallest absolute Gasteiger partial charge is 0.306 e. The minimum Gasteiger partial charge on any atom is -0.462 e. The first kappa shape index (κ1) is 38.8. The Morgan fingerprint density at radius 1 is 0.683 bits per heavy atom. The first-order valence-electron chi connectivity index (χ1n) is 16.1. The van der Waals surface area contributed by atoms with E-state index in [0.29, 0.717) is 19.3 Å². The van der Waals surface area contributed by atoms with Gasteiger partial charge in [0.1, 0.15) is 6.61 Å². The van der Waals surface area contributed by atoms with Gasteiger partial charge in [-0.25, -0.2) is 0 Å². The van der Waals surface area contributed by atoms with Crippen LogP contribution in [0, 0.1) is 5.92 Å². The third-order valence-electron chi connectivity index (χ3n) is 6.72. The van der Waals surface area contributed by atoms with Gasteiger partial charge in [0, 0.05) is 12.8 Å². The van der Waals surface area contributed by atoms with Gasteiger partial charge in [0.2, 0.25) is 0 Å². The van der Waals surface area contributed by atoms with Gasteiger partial charge >= 0.3 is 11.9 Å². The van der Waals surface area contributed by atoms with E-state index in [1.54, 1.807) is 0 Å². The summed E-state index contributed by atoms with van der Waals surface area (Å²) in [6.07, 6.45) is 31.3. The minimum absolute atomic E-state index is 0.106. The molecule has 0 aromatic rings. The lowest BCUT2D eigenvalue weighted by atomic mass is 10.0. The molecule has 0 aliphatic carbocycles. The maximum Gasteiger partial charge on any atom is 0.306 e. The summed E-state index contributed by atoms with van der Waals surface area (Å²) in [7, 11) is 0. The maximum atomic E-state index is 12.0. The van der Waals surface area contributed by atoms with Gasteiger partial charge in [0.05, 0.1) is 12.7 Å². The second kappa shape index (κ2) is 29.3. The van der Waals surface area contributed by atoms with E-state index in [4.69, 9.17) is 9.47 Å². The number of unbranched alkanes of at least 4 members (excludes halogenated alkanes) is 6. The number of esters is 2. The number of allylic oxidation sites excluding steroid dienone is 8. The largest absolute Gasteiger partial charge is 0.462 e. The zero-order valence-corrected chi connectivity index (χ0v) is 26.3. The van der Waals surface area contributed by atoms with E-state index in [1.165, 1.54) is 25.7 Å². The third-order valence-corrected chi connectivity index (χ3v) is 6.72. The van der Waals surface area contributed by atoms with Crippen molar-refractivity contribution in [1.29, 1.82) is 0 Å². The normalized spacial score (nSPS) is 13.7. The second-order valence-electron chi connectivity index (χ2n) is 11.2.